The first-order chi connectivity index (χ1) is 7.92. The normalized spacial score (nSPS) is 14.2. The van der Waals surface area contributed by atoms with E-state index >= 15 is 0 Å². The fourth-order valence-electron chi connectivity index (χ4n) is 1.39. The van der Waals surface area contributed by atoms with Crippen molar-refractivity contribution in [2.75, 3.05) is 14.1 Å². The van der Waals surface area contributed by atoms with E-state index in [0.717, 1.165) is 4.31 Å². The first-order valence-corrected chi connectivity index (χ1v) is 6.93. The summed E-state index contributed by atoms with van der Waals surface area (Å²) >= 11 is 0. The van der Waals surface area contributed by atoms with Crippen molar-refractivity contribution < 1.29 is 8.42 Å². The van der Waals surface area contributed by atoms with Crippen LogP contribution in [0.25, 0.3) is 0 Å². The summed E-state index contributed by atoms with van der Waals surface area (Å²) in [4.78, 5) is 4.11. The molecular formula is C9H19N5O2S. The predicted octanol–water partition coefficient (Wildman–Crippen LogP) is 0.145. The smallest absolute Gasteiger partial charge is 0.249 e. The zero-order valence-electron chi connectivity index (χ0n) is 10.6. The summed E-state index contributed by atoms with van der Waals surface area (Å²) in [7, 11) is -0.487. The maximum Gasteiger partial charge on any atom is 0.279 e. The van der Waals surface area contributed by atoms with Gasteiger partial charge in [0.2, 0.25) is 0 Å². The zero-order chi connectivity index (χ0) is 13.1. The van der Waals surface area contributed by atoms with E-state index in [9.17, 15) is 8.42 Å². The van der Waals surface area contributed by atoms with Gasteiger partial charge in [-0.15, -0.1) is 0 Å². The van der Waals surface area contributed by atoms with Gasteiger partial charge in [0.1, 0.15) is 12.2 Å². The molecule has 0 aliphatic carbocycles. The summed E-state index contributed by atoms with van der Waals surface area (Å²) < 4.78 is 28.9. The number of hydrogen-bond donors (Lipinski definition) is 1. The predicted molar refractivity (Wildman–Crippen MR) is 64.5 cm³/mol. The van der Waals surface area contributed by atoms with Crippen LogP contribution in [0.1, 0.15) is 32.1 Å². The minimum Gasteiger partial charge on any atom is -0.249 e. The van der Waals surface area contributed by atoms with Gasteiger partial charge in [-0.1, -0.05) is 6.92 Å². The highest BCUT2D eigenvalue weighted by Crippen LogP contribution is 2.15. The van der Waals surface area contributed by atoms with E-state index < -0.39 is 10.2 Å². The van der Waals surface area contributed by atoms with Gasteiger partial charge in [0.15, 0.2) is 0 Å². The molecule has 1 aromatic heterocycles. The molecule has 1 aromatic rings. The van der Waals surface area contributed by atoms with Crippen LogP contribution in [0.5, 0.6) is 0 Å². The van der Waals surface area contributed by atoms with Crippen LogP contribution < -0.4 is 4.72 Å². The summed E-state index contributed by atoms with van der Waals surface area (Å²) in [5.41, 5.74) is 0. The lowest BCUT2D eigenvalue weighted by Gasteiger charge is -2.19. The van der Waals surface area contributed by atoms with Crippen LogP contribution in [-0.4, -0.2) is 41.6 Å². The molecule has 0 aliphatic heterocycles. The number of aryl methyl sites for hydroxylation is 1. The van der Waals surface area contributed by atoms with E-state index in [0.29, 0.717) is 18.8 Å². The molecule has 1 atom stereocenters. The second kappa shape index (κ2) is 5.56. The molecule has 7 nitrogen and oxygen atoms in total. The molecule has 0 aliphatic rings. The van der Waals surface area contributed by atoms with Crippen molar-refractivity contribution in [3.05, 3.63) is 12.2 Å². The average molecular weight is 261 g/mol. The third kappa shape index (κ3) is 3.24. The van der Waals surface area contributed by atoms with Gasteiger partial charge in [-0.2, -0.15) is 22.5 Å². The Morgan fingerprint density at radius 1 is 1.47 bits per heavy atom. The Kier molecular flexibility index (Phi) is 4.61. The molecular weight excluding hydrogens is 242 g/mol. The van der Waals surface area contributed by atoms with Crippen molar-refractivity contribution in [1.82, 2.24) is 23.8 Å². The maximum absolute atomic E-state index is 11.8. The fourth-order valence-corrected chi connectivity index (χ4v) is 2.23. The number of rotatable bonds is 6. The molecule has 8 heteroatoms. The number of nitrogens with one attached hydrogen (secondary N) is 1. The maximum atomic E-state index is 11.8. The third-order valence-corrected chi connectivity index (χ3v) is 3.98. The van der Waals surface area contributed by atoms with E-state index in [4.69, 9.17) is 0 Å². The second-order valence-corrected chi connectivity index (χ2v) is 5.72. The molecule has 0 saturated heterocycles. The van der Waals surface area contributed by atoms with Crippen LogP contribution >= 0.6 is 0 Å². The van der Waals surface area contributed by atoms with Crippen LogP contribution in [0.15, 0.2) is 6.33 Å². The van der Waals surface area contributed by atoms with E-state index in [2.05, 4.69) is 14.8 Å². The Morgan fingerprint density at radius 2 is 2.12 bits per heavy atom. The van der Waals surface area contributed by atoms with Crippen molar-refractivity contribution in [3.8, 4) is 0 Å². The Balaban J connectivity index is 2.94. The van der Waals surface area contributed by atoms with Crippen molar-refractivity contribution in [2.45, 2.75) is 32.9 Å². The quantitative estimate of drug-likeness (QED) is 0.790. The summed E-state index contributed by atoms with van der Waals surface area (Å²) in [6.07, 6.45) is 2.05. The second-order valence-electron chi connectivity index (χ2n) is 3.80. The highest BCUT2D eigenvalue weighted by molar-refractivity contribution is 7.87. The van der Waals surface area contributed by atoms with Gasteiger partial charge in [0.05, 0.1) is 6.04 Å². The van der Waals surface area contributed by atoms with Gasteiger partial charge in [-0.3, -0.25) is 0 Å². The van der Waals surface area contributed by atoms with Gasteiger partial charge >= 0.3 is 0 Å². The molecule has 0 unspecified atom stereocenters. The first-order valence-electron chi connectivity index (χ1n) is 5.49. The molecule has 0 saturated carbocycles. The van der Waals surface area contributed by atoms with Crippen molar-refractivity contribution in [3.63, 3.8) is 0 Å². The van der Waals surface area contributed by atoms with Gasteiger partial charge in [-0.25, -0.2) is 9.67 Å². The Labute approximate surface area is 102 Å². The van der Waals surface area contributed by atoms with Crippen LogP contribution in [0.2, 0.25) is 0 Å². The van der Waals surface area contributed by atoms with Crippen LogP contribution in [0, 0.1) is 0 Å². The van der Waals surface area contributed by atoms with Gasteiger partial charge < -0.3 is 0 Å². The average Bonchev–Trinajstić information content (AvgIpc) is 2.73. The first kappa shape index (κ1) is 14.1. The summed E-state index contributed by atoms with van der Waals surface area (Å²) in [5.74, 6) is 0.639. The molecule has 0 aromatic carbocycles. The summed E-state index contributed by atoms with van der Waals surface area (Å²) in [5, 5.41) is 4.04. The van der Waals surface area contributed by atoms with Crippen LogP contribution in [0.4, 0.5) is 0 Å². The lowest BCUT2D eigenvalue weighted by Crippen LogP contribution is -2.38. The van der Waals surface area contributed by atoms with Crippen molar-refractivity contribution >= 4 is 10.2 Å². The monoisotopic (exact) mass is 261 g/mol. The lowest BCUT2D eigenvalue weighted by atomic mass is 10.2. The van der Waals surface area contributed by atoms with Gasteiger partial charge in [0.25, 0.3) is 10.2 Å². The lowest BCUT2D eigenvalue weighted by molar-refractivity contribution is 0.465. The van der Waals surface area contributed by atoms with E-state index in [-0.39, 0.29) is 6.04 Å². The summed E-state index contributed by atoms with van der Waals surface area (Å²) in [6, 6.07) is -0.357. The molecule has 1 heterocycles. The molecule has 0 radical (unpaired) electrons. The summed E-state index contributed by atoms with van der Waals surface area (Å²) in [6.45, 7) is 4.50. The SMILES string of the molecule is CC[C@H](NS(=O)(=O)N(C)C)c1ncnn1CC. The molecule has 17 heavy (non-hydrogen) atoms. The standard InChI is InChI=1S/C9H19N5O2S/c1-5-8(12-17(15,16)13(3)4)9-10-7-11-14(9)6-2/h7-8,12H,5-6H2,1-4H3/t8-/m0/s1. The Hall–Kier alpha value is -0.990. The third-order valence-electron chi connectivity index (χ3n) is 2.44. The van der Waals surface area contributed by atoms with Gasteiger partial charge in [-0.05, 0) is 13.3 Å². The Bertz CT molecular complexity index is 454. The molecule has 0 bridgehead atoms. The number of aromatic nitrogens is 3. The topological polar surface area (TPSA) is 80.1 Å². The Morgan fingerprint density at radius 3 is 2.59 bits per heavy atom. The molecule has 0 fully saturated rings. The highest BCUT2D eigenvalue weighted by atomic mass is 32.2. The number of hydrogen-bond acceptors (Lipinski definition) is 4. The van der Waals surface area contributed by atoms with E-state index in [1.807, 2.05) is 13.8 Å². The van der Waals surface area contributed by atoms with Gasteiger partial charge in [0, 0.05) is 20.6 Å². The van der Waals surface area contributed by atoms with Crippen molar-refractivity contribution in [1.29, 1.82) is 0 Å². The largest absolute Gasteiger partial charge is 0.279 e. The number of nitrogens with zero attached hydrogens (tertiary/aromatic N) is 4. The molecule has 1 rings (SSSR count). The van der Waals surface area contributed by atoms with E-state index in [1.165, 1.54) is 20.4 Å². The molecule has 0 amide bonds. The zero-order valence-corrected chi connectivity index (χ0v) is 11.4. The van der Waals surface area contributed by atoms with Crippen LogP contribution in [-0.2, 0) is 16.8 Å². The molecule has 1 N–H and O–H groups in total. The molecule has 0 spiro atoms. The highest BCUT2D eigenvalue weighted by Gasteiger charge is 2.23. The minimum absolute atomic E-state index is 0.357. The van der Waals surface area contributed by atoms with E-state index in [1.54, 1.807) is 4.68 Å². The fraction of sp³-hybridized carbons (Fsp3) is 0.778. The molecule has 98 valence electrons. The minimum atomic E-state index is -3.46. The van der Waals surface area contributed by atoms with Crippen LogP contribution in [0.3, 0.4) is 0 Å². The van der Waals surface area contributed by atoms with Crippen molar-refractivity contribution in [2.24, 2.45) is 0 Å².